The van der Waals surface area contributed by atoms with E-state index in [2.05, 4.69) is 11.0 Å². The van der Waals surface area contributed by atoms with Crippen molar-refractivity contribution in [3.8, 4) is 0 Å². The number of hydrogen-bond donors (Lipinski definition) is 1. The van der Waals surface area contributed by atoms with Gasteiger partial charge in [-0.05, 0) is 36.4 Å². The van der Waals surface area contributed by atoms with Crippen LogP contribution in [-0.4, -0.2) is 16.9 Å². The fraction of sp³-hybridized carbons (Fsp3) is 0.188. The molecule has 0 aromatic heterocycles. The number of halogens is 2. The molecule has 0 heterocycles. The van der Waals surface area contributed by atoms with Crippen LogP contribution in [-0.2, 0) is 13.1 Å². The van der Waals surface area contributed by atoms with Crippen LogP contribution in [0, 0.1) is 0 Å². The molecule has 0 atom stereocenters. The number of nitrogens with zero attached hydrogens (tertiary/aromatic N) is 1. The topological polar surface area (TPSA) is 29.3 Å². The summed E-state index contributed by atoms with van der Waals surface area (Å²) in [6.07, 6.45) is 0. The van der Waals surface area contributed by atoms with Crippen LogP contribution in [0.25, 0.3) is 0 Å². The van der Waals surface area contributed by atoms with Gasteiger partial charge < -0.3 is 5.73 Å². The first-order valence-electron chi connectivity index (χ1n) is 6.47. The van der Waals surface area contributed by atoms with E-state index in [1.165, 1.54) is 0 Å². The molecule has 2 nitrogen and oxygen atoms in total. The quantitative estimate of drug-likeness (QED) is 0.826. The predicted octanol–water partition coefficient (Wildman–Crippen LogP) is 4.26. The van der Waals surface area contributed by atoms with Crippen LogP contribution in [0.5, 0.6) is 0 Å². The highest BCUT2D eigenvalue weighted by Gasteiger charge is 2.07. The van der Waals surface area contributed by atoms with Crippen LogP contribution >= 0.6 is 35.4 Å². The van der Waals surface area contributed by atoms with Crippen molar-refractivity contribution >= 4 is 40.4 Å². The second kappa shape index (κ2) is 7.23. The number of benzene rings is 2. The lowest BCUT2D eigenvalue weighted by Gasteiger charge is -2.18. The molecule has 0 aliphatic carbocycles. The molecule has 2 rings (SSSR count). The minimum absolute atomic E-state index is 0.417. The Bertz CT molecular complexity index is 658. The molecule has 0 aliphatic rings. The lowest BCUT2D eigenvalue weighted by Crippen LogP contribution is -2.18. The van der Waals surface area contributed by atoms with Gasteiger partial charge in [-0.25, -0.2) is 0 Å². The molecule has 0 bridgehead atoms. The van der Waals surface area contributed by atoms with E-state index < -0.39 is 0 Å². The van der Waals surface area contributed by atoms with Gasteiger partial charge in [0.25, 0.3) is 0 Å². The van der Waals surface area contributed by atoms with E-state index >= 15 is 0 Å². The molecule has 0 aliphatic heterocycles. The van der Waals surface area contributed by atoms with Gasteiger partial charge in [-0.15, -0.1) is 0 Å². The molecule has 21 heavy (non-hydrogen) atoms. The summed E-state index contributed by atoms with van der Waals surface area (Å²) in [5.41, 5.74) is 8.76. The Kier molecular flexibility index (Phi) is 5.59. The first-order chi connectivity index (χ1) is 9.95. The zero-order chi connectivity index (χ0) is 15.4. The molecule has 2 N–H and O–H groups in total. The van der Waals surface area contributed by atoms with E-state index in [0.717, 1.165) is 29.8 Å². The Balaban J connectivity index is 2.06. The maximum absolute atomic E-state index is 6.20. The summed E-state index contributed by atoms with van der Waals surface area (Å²) in [7, 11) is 2.04. The van der Waals surface area contributed by atoms with Gasteiger partial charge in [-0.1, -0.05) is 59.7 Å². The minimum atomic E-state index is 0.417. The molecule has 0 fully saturated rings. The molecule has 5 heteroatoms. The van der Waals surface area contributed by atoms with Gasteiger partial charge in [0.1, 0.15) is 4.99 Å². The van der Waals surface area contributed by atoms with Crippen LogP contribution in [0.1, 0.15) is 16.7 Å². The highest BCUT2D eigenvalue weighted by molar-refractivity contribution is 7.80. The van der Waals surface area contributed by atoms with Gasteiger partial charge >= 0.3 is 0 Å². The van der Waals surface area contributed by atoms with Crippen molar-refractivity contribution in [3.63, 3.8) is 0 Å². The summed E-state index contributed by atoms with van der Waals surface area (Å²) in [5.74, 6) is 0. The monoisotopic (exact) mass is 338 g/mol. The summed E-state index contributed by atoms with van der Waals surface area (Å²) in [6, 6.07) is 13.5. The van der Waals surface area contributed by atoms with Crippen molar-refractivity contribution in [2.24, 2.45) is 5.73 Å². The first-order valence-corrected chi connectivity index (χ1v) is 7.63. The summed E-state index contributed by atoms with van der Waals surface area (Å²) < 4.78 is 0. The maximum atomic E-state index is 6.20. The van der Waals surface area contributed by atoms with Crippen LogP contribution < -0.4 is 5.73 Å². The third-order valence-electron chi connectivity index (χ3n) is 3.12. The van der Waals surface area contributed by atoms with Crippen LogP contribution in [0.2, 0.25) is 10.0 Å². The largest absolute Gasteiger partial charge is 0.389 e. The number of rotatable bonds is 5. The zero-order valence-corrected chi connectivity index (χ0v) is 14.0. The average molecular weight is 339 g/mol. The molecule has 2 aromatic rings. The standard InChI is InChI=1S/C16H16Cl2N2S/c1-20(10-13-5-6-14(17)8-15(13)18)9-11-3-2-4-12(7-11)16(19)21/h2-8H,9-10H2,1H3,(H2,19,21). The van der Waals surface area contributed by atoms with Gasteiger partial charge in [0.05, 0.1) is 0 Å². The summed E-state index contributed by atoms with van der Waals surface area (Å²) in [6.45, 7) is 1.53. The smallest absolute Gasteiger partial charge is 0.103 e. The Morgan fingerprint density at radius 1 is 1.14 bits per heavy atom. The first kappa shape index (κ1) is 16.2. The zero-order valence-electron chi connectivity index (χ0n) is 11.6. The van der Waals surface area contributed by atoms with Gasteiger partial charge in [0.15, 0.2) is 0 Å². The fourth-order valence-corrected chi connectivity index (χ4v) is 2.73. The molecule has 0 saturated carbocycles. The average Bonchev–Trinajstić information content (AvgIpc) is 2.42. The van der Waals surface area contributed by atoms with Crippen molar-refractivity contribution in [2.75, 3.05) is 7.05 Å². The molecule has 2 aromatic carbocycles. The third kappa shape index (κ3) is 4.68. The van der Waals surface area contributed by atoms with E-state index in [-0.39, 0.29) is 0 Å². The maximum Gasteiger partial charge on any atom is 0.103 e. The molecule has 0 saturated heterocycles. The second-order valence-electron chi connectivity index (χ2n) is 4.97. The summed E-state index contributed by atoms with van der Waals surface area (Å²) in [5, 5.41) is 1.33. The molecule has 0 amide bonds. The molecule has 110 valence electrons. The van der Waals surface area contributed by atoms with E-state index in [1.54, 1.807) is 6.07 Å². The molecule has 0 unspecified atom stereocenters. The van der Waals surface area contributed by atoms with Gasteiger partial charge in [-0.3, -0.25) is 4.90 Å². The summed E-state index contributed by atoms with van der Waals surface area (Å²) >= 11 is 17.1. The number of hydrogen-bond acceptors (Lipinski definition) is 2. The van der Waals surface area contributed by atoms with Crippen molar-refractivity contribution < 1.29 is 0 Å². The molecular formula is C16H16Cl2N2S. The fourth-order valence-electron chi connectivity index (χ4n) is 2.13. The third-order valence-corrected chi connectivity index (χ3v) is 3.94. The van der Waals surface area contributed by atoms with Crippen LogP contribution in [0.4, 0.5) is 0 Å². The lowest BCUT2D eigenvalue weighted by atomic mass is 10.1. The molecule has 0 spiro atoms. The van der Waals surface area contributed by atoms with Crippen molar-refractivity contribution in [1.82, 2.24) is 4.90 Å². The highest BCUT2D eigenvalue weighted by Crippen LogP contribution is 2.22. The number of nitrogens with two attached hydrogens (primary N) is 1. The van der Waals surface area contributed by atoms with Crippen molar-refractivity contribution in [3.05, 3.63) is 69.2 Å². The van der Waals surface area contributed by atoms with E-state index in [9.17, 15) is 0 Å². The van der Waals surface area contributed by atoms with Gasteiger partial charge in [-0.2, -0.15) is 0 Å². The Hall–Kier alpha value is -1.13. The second-order valence-corrected chi connectivity index (χ2v) is 6.26. The minimum Gasteiger partial charge on any atom is -0.389 e. The molecular weight excluding hydrogens is 323 g/mol. The van der Waals surface area contributed by atoms with Crippen molar-refractivity contribution in [1.29, 1.82) is 0 Å². The van der Waals surface area contributed by atoms with Crippen LogP contribution in [0.15, 0.2) is 42.5 Å². The summed E-state index contributed by atoms with van der Waals surface area (Å²) in [4.78, 5) is 2.59. The van der Waals surface area contributed by atoms with Gasteiger partial charge in [0.2, 0.25) is 0 Å². The van der Waals surface area contributed by atoms with Crippen LogP contribution in [0.3, 0.4) is 0 Å². The highest BCUT2D eigenvalue weighted by atomic mass is 35.5. The van der Waals surface area contributed by atoms with E-state index in [4.69, 9.17) is 41.2 Å². The molecule has 0 radical (unpaired) electrons. The normalized spacial score (nSPS) is 10.9. The van der Waals surface area contributed by atoms with E-state index in [0.29, 0.717) is 15.0 Å². The van der Waals surface area contributed by atoms with Crippen molar-refractivity contribution in [2.45, 2.75) is 13.1 Å². The predicted molar refractivity (Wildman–Crippen MR) is 94.0 cm³/mol. The lowest BCUT2D eigenvalue weighted by molar-refractivity contribution is 0.319. The van der Waals surface area contributed by atoms with E-state index in [1.807, 2.05) is 37.4 Å². The Morgan fingerprint density at radius 2 is 1.90 bits per heavy atom. The Morgan fingerprint density at radius 3 is 2.57 bits per heavy atom. The van der Waals surface area contributed by atoms with Gasteiger partial charge in [0, 0.05) is 28.7 Å². The number of thiocarbonyl (C=S) groups is 1. The SMILES string of the molecule is CN(Cc1cccc(C(N)=S)c1)Cc1ccc(Cl)cc1Cl. The Labute approximate surface area is 140 Å².